The molecule has 150 valence electrons. The molecule has 0 radical (unpaired) electrons. The van der Waals surface area contributed by atoms with Crippen LogP contribution in [0.25, 0.3) is 0 Å². The summed E-state index contributed by atoms with van der Waals surface area (Å²) in [5.41, 5.74) is 2.96. The third-order valence-electron chi connectivity index (χ3n) is 5.35. The van der Waals surface area contributed by atoms with Gasteiger partial charge in [0, 0.05) is 30.8 Å². The van der Waals surface area contributed by atoms with Crippen molar-refractivity contribution < 1.29 is 4.79 Å². The Morgan fingerprint density at radius 2 is 2.03 bits per heavy atom. The number of rotatable bonds is 6. The molecule has 0 atom stereocenters. The monoisotopic (exact) mass is 390 g/mol. The average Bonchev–Trinajstić information content (AvgIpc) is 3.45. The van der Waals surface area contributed by atoms with Gasteiger partial charge in [-0.2, -0.15) is 0 Å². The molecule has 1 amide bonds. The van der Waals surface area contributed by atoms with Gasteiger partial charge in [-0.15, -0.1) is 10.2 Å². The van der Waals surface area contributed by atoms with Gasteiger partial charge in [0.2, 0.25) is 0 Å². The summed E-state index contributed by atoms with van der Waals surface area (Å²) in [5, 5.41) is 11.2. The Labute approximate surface area is 170 Å². The fraction of sp³-hybridized carbons (Fsp3) is 0.409. The van der Waals surface area contributed by atoms with Gasteiger partial charge in [-0.25, -0.2) is 9.97 Å². The number of benzene rings is 1. The van der Waals surface area contributed by atoms with Gasteiger partial charge in [0.25, 0.3) is 5.91 Å². The highest BCUT2D eigenvalue weighted by Crippen LogP contribution is 2.38. The standard InChI is InChI=1S/C22H26N6O/c1-14-10-18(26-20(24-14)15-8-9-15)21(29)25-17-7-5-6-16(11-17)22(2,3)12-19-27-23-13-28(19)4/h5-7,10-11,13,15H,8-9,12H2,1-4H3,(H,25,29). The third-order valence-corrected chi connectivity index (χ3v) is 5.35. The Bertz CT molecular complexity index is 1050. The van der Waals surface area contributed by atoms with Crippen LogP contribution in [0.3, 0.4) is 0 Å². The van der Waals surface area contributed by atoms with Gasteiger partial charge >= 0.3 is 0 Å². The predicted octanol–water partition coefficient (Wildman–Crippen LogP) is 3.56. The van der Waals surface area contributed by atoms with Crippen molar-refractivity contribution in [2.24, 2.45) is 7.05 Å². The van der Waals surface area contributed by atoms with Crippen LogP contribution in [0.4, 0.5) is 5.69 Å². The second-order valence-electron chi connectivity index (χ2n) is 8.48. The first-order valence-corrected chi connectivity index (χ1v) is 9.92. The first-order valence-electron chi connectivity index (χ1n) is 9.92. The van der Waals surface area contributed by atoms with Crippen molar-refractivity contribution in [2.45, 2.75) is 51.4 Å². The Kier molecular flexibility index (Phi) is 4.90. The maximum atomic E-state index is 12.8. The molecular formula is C22H26N6O. The number of carbonyl (C=O) groups excluding carboxylic acids is 1. The van der Waals surface area contributed by atoms with Crippen LogP contribution < -0.4 is 5.32 Å². The zero-order chi connectivity index (χ0) is 20.6. The van der Waals surface area contributed by atoms with E-state index in [1.54, 1.807) is 12.4 Å². The number of nitrogens with zero attached hydrogens (tertiary/aromatic N) is 5. The van der Waals surface area contributed by atoms with Crippen LogP contribution in [0.1, 0.15) is 66.0 Å². The molecule has 7 nitrogen and oxygen atoms in total. The summed E-state index contributed by atoms with van der Waals surface area (Å²) in [5.74, 6) is 1.91. The van der Waals surface area contributed by atoms with E-state index in [-0.39, 0.29) is 11.3 Å². The van der Waals surface area contributed by atoms with Crippen molar-refractivity contribution in [2.75, 3.05) is 5.32 Å². The summed E-state index contributed by atoms with van der Waals surface area (Å²) in [4.78, 5) is 21.8. The zero-order valence-corrected chi connectivity index (χ0v) is 17.3. The summed E-state index contributed by atoms with van der Waals surface area (Å²) in [6, 6.07) is 9.69. The molecule has 7 heteroatoms. The molecule has 1 aliphatic carbocycles. The van der Waals surface area contributed by atoms with Gasteiger partial charge in [-0.05, 0) is 48.9 Å². The van der Waals surface area contributed by atoms with Gasteiger partial charge < -0.3 is 9.88 Å². The van der Waals surface area contributed by atoms with E-state index in [9.17, 15) is 4.79 Å². The molecule has 4 rings (SSSR count). The molecule has 1 N–H and O–H groups in total. The highest BCUT2D eigenvalue weighted by molar-refractivity contribution is 6.03. The van der Waals surface area contributed by atoms with Gasteiger partial charge in [-0.1, -0.05) is 26.0 Å². The smallest absolute Gasteiger partial charge is 0.274 e. The van der Waals surface area contributed by atoms with E-state index in [0.717, 1.165) is 47.9 Å². The number of hydrogen-bond acceptors (Lipinski definition) is 5. The summed E-state index contributed by atoms with van der Waals surface area (Å²) in [6.45, 7) is 6.23. The molecule has 1 aliphatic rings. The molecule has 1 saturated carbocycles. The van der Waals surface area contributed by atoms with Crippen molar-refractivity contribution in [3.63, 3.8) is 0 Å². The minimum absolute atomic E-state index is 0.161. The molecule has 1 fully saturated rings. The molecule has 1 aromatic carbocycles. The molecule has 29 heavy (non-hydrogen) atoms. The lowest BCUT2D eigenvalue weighted by Crippen LogP contribution is -2.23. The fourth-order valence-corrected chi connectivity index (χ4v) is 3.41. The van der Waals surface area contributed by atoms with Crippen LogP contribution >= 0.6 is 0 Å². The number of nitrogens with one attached hydrogen (secondary N) is 1. The molecule has 0 unspecified atom stereocenters. The second-order valence-corrected chi connectivity index (χ2v) is 8.48. The molecule has 0 bridgehead atoms. The van der Waals surface area contributed by atoms with Crippen LogP contribution in [0.5, 0.6) is 0 Å². The number of amides is 1. The Hall–Kier alpha value is -3.09. The second kappa shape index (κ2) is 7.39. The summed E-state index contributed by atoms with van der Waals surface area (Å²) in [7, 11) is 1.95. The van der Waals surface area contributed by atoms with Crippen molar-refractivity contribution in [1.82, 2.24) is 24.7 Å². The fourth-order valence-electron chi connectivity index (χ4n) is 3.41. The van der Waals surface area contributed by atoms with Gasteiger partial charge in [-0.3, -0.25) is 4.79 Å². The number of hydrogen-bond donors (Lipinski definition) is 1. The van der Waals surface area contributed by atoms with Gasteiger partial charge in [0.05, 0.1) is 0 Å². The molecule has 2 heterocycles. The number of aryl methyl sites for hydroxylation is 2. The maximum absolute atomic E-state index is 12.8. The van der Waals surface area contributed by atoms with Crippen LogP contribution in [-0.4, -0.2) is 30.6 Å². The van der Waals surface area contributed by atoms with Gasteiger partial charge in [0.1, 0.15) is 23.7 Å². The Morgan fingerprint density at radius 3 is 2.72 bits per heavy atom. The maximum Gasteiger partial charge on any atom is 0.274 e. The minimum atomic E-state index is -0.208. The van der Waals surface area contributed by atoms with Crippen molar-refractivity contribution in [3.8, 4) is 0 Å². The SMILES string of the molecule is Cc1cc(C(=O)Nc2cccc(C(C)(C)Cc3nncn3C)c2)nc(C2CC2)n1. The van der Waals surface area contributed by atoms with E-state index >= 15 is 0 Å². The molecular weight excluding hydrogens is 364 g/mol. The molecule has 0 saturated heterocycles. The van der Waals surface area contributed by atoms with Crippen LogP contribution in [-0.2, 0) is 18.9 Å². The Morgan fingerprint density at radius 1 is 1.24 bits per heavy atom. The molecule has 3 aromatic rings. The number of carbonyl (C=O) groups is 1. The lowest BCUT2D eigenvalue weighted by atomic mass is 9.81. The highest BCUT2D eigenvalue weighted by Gasteiger charge is 2.28. The van der Waals surface area contributed by atoms with Crippen molar-refractivity contribution in [1.29, 1.82) is 0 Å². The van der Waals surface area contributed by atoms with E-state index in [1.165, 1.54) is 0 Å². The van der Waals surface area contributed by atoms with Crippen LogP contribution in [0.2, 0.25) is 0 Å². The molecule has 0 aliphatic heterocycles. The molecule has 2 aromatic heterocycles. The number of aromatic nitrogens is 5. The van der Waals surface area contributed by atoms with Crippen LogP contribution in [0.15, 0.2) is 36.7 Å². The highest BCUT2D eigenvalue weighted by atomic mass is 16.1. The first kappa shape index (κ1) is 19.2. The topological polar surface area (TPSA) is 85.6 Å². The Balaban J connectivity index is 1.53. The van der Waals surface area contributed by atoms with E-state index in [4.69, 9.17) is 0 Å². The minimum Gasteiger partial charge on any atom is -0.321 e. The lowest BCUT2D eigenvalue weighted by molar-refractivity contribution is 0.102. The van der Waals surface area contributed by atoms with Gasteiger partial charge in [0.15, 0.2) is 0 Å². The predicted molar refractivity (Wildman–Crippen MR) is 111 cm³/mol. The summed E-state index contributed by atoms with van der Waals surface area (Å²) in [6.07, 6.45) is 4.67. The molecule has 0 spiro atoms. The van der Waals surface area contributed by atoms with E-state index in [0.29, 0.717) is 11.6 Å². The van der Waals surface area contributed by atoms with E-state index in [2.05, 4.69) is 45.4 Å². The lowest BCUT2D eigenvalue weighted by Gasteiger charge is -2.25. The van der Waals surface area contributed by atoms with E-state index in [1.807, 2.05) is 36.7 Å². The largest absolute Gasteiger partial charge is 0.321 e. The average molecular weight is 390 g/mol. The number of anilines is 1. The van der Waals surface area contributed by atoms with Crippen molar-refractivity contribution >= 4 is 11.6 Å². The normalized spacial score (nSPS) is 14.1. The summed E-state index contributed by atoms with van der Waals surface area (Å²) < 4.78 is 1.93. The van der Waals surface area contributed by atoms with Crippen molar-refractivity contribution in [3.05, 3.63) is 65.3 Å². The summed E-state index contributed by atoms with van der Waals surface area (Å²) >= 11 is 0. The first-order chi connectivity index (χ1) is 13.8. The zero-order valence-electron chi connectivity index (χ0n) is 17.3. The quantitative estimate of drug-likeness (QED) is 0.695. The van der Waals surface area contributed by atoms with E-state index < -0.39 is 0 Å². The third kappa shape index (κ3) is 4.34. The van der Waals surface area contributed by atoms with Crippen LogP contribution in [0, 0.1) is 6.92 Å².